The van der Waals surface area contributed by atoms with Crippen LogP contribution in [-0.4, -0.2) is 74.9 Å². The molecule has 0 spiro atoms. The molecule has 6 heteroatoms. The summed E-state index contributed by atoms with van der Waals surface area (Å²) < 4.78 is 20.4. The second-order valence-electron chi connectivity index (χ2n) is 42.2. The van der Waals surface area contributed by atoms with Crippen molar-refractivity contribution in [1.82, 2.24) is 0 Å². The van der Waals surface area contributed by atoms with Gasteiger partial charge in [0.15, 0.2) is 0 Å². The maximum atomic E-state index is 5.17. The number of hydrogen-bond donors (Lipinski definition) is 0. The molecule has 6 heterocycles. The molecule has 0 bridgehead atoms. The Labute approximate surface area is 691 Å². The zero-order chi connectivity index (χ0) is 81.6. The highest BCUT2D eigenvalue weighted by atomic mass is 32.2. The van der Waals surface area contributed by atoms with E-state index in [9.17, 15) is 0 Å². The van der Waals surface area contributed by atoms with Gasteiger partial charge in [0.1, 0.15) is 0 Å². The van der Waals surface area contributed by atoms with Gasteiger partial charge in [-0.1, -0.05) is 375 Å². The molecule has 648 valence electrons. The number of rotatable bonds is 0. The highest BCUT2D eigenvalue weighted by Gasteiger charge is 2.29. The summed E-state index contributed by atoms with van der Waals surface area (Å²) in [5, 5.41) is 0. The van der Waals surface area contributed by atoms with Crippen LogP contribution in [0.2, 0.25) is 0 Å². The molecular weight excluding hydrogens is 1350 g/mol. The van der Waals surface area contributed by atoms with E-state index in [1.807, 2.05) is 0 Å². The highest BCUT2D eigenvalue weighted by molar-refractivity contribution is 7.99. The van der Waals surface area contributed by atoms with E-state index in [0.29, 0.717) is 12.2 Å². The van der Waals surface area contributed by atoms with E-state index in [4.69, 9.17) is 18.9 Å². The van der Waals surface area contributed by atoms with Crippen molar-refractivity contribution in [3.05, 3.63) is 0 Å². The molecule has 0 radical (unpaired) electrons. The molecule has 0 aromatic carbocycles. The van der Waals surface area contributed by atoms with Gasteiger partial charge in [-0.3, -0.25) is 0 Å². The molecule has 16 aliphatic rings. The summed E-state index contributed by atoms with van der Waals surface area (Å²) in [5.74, 6) is 34.7. The van der Waals surface area contributed by atoms with Gasteiger partial charge in [0, 0.05) is 38.3 Å². The Morgan fingerprint density at radius 1 is 0.148 bits per heavy atom. The van der Waals surface area contributed by atoms with Crippen LogP contribution in [0.1, 0.15) is 401 Å². The first kappa shape index (κ1) is 107. The molecule has 16 fully saturated rings. The van der Waals surface area contributed by atoms with E-state index in [2.05, 4.69) is 245 Å². The zero-order valence-electron chi connectivity index (χ0n) is 79.8. The van der Waals surface area contributed by atoms with Crippen molar-refractivity contribution in [2.45, 2.75) is 414 Å². The first-order valence-corrected chi connectivity index (χ1v) is 50.7. The van der Waals surface area contributed by atoms with E-state index in [-0.39, 0.29) is 0 Å². The van der Waals surface area contributed by atoms with Crippen molar-refractivity contribution in [1.29, 1.82) is 0 Å². The van der Waals surface area contributed by atoms with Gasteiger partial charge in [-0.15, -0.1) is 0 Å². The molecule has 10 aliphatic carbocycles. The fourth-order valence-electron chi connectivity index (χ4n) is 15.4. The minimum absolute atomic E-state index is 0.532. The lowest BCUT2D eigenvalue weighted by Crippen LogP contribution is -2.34. The van der Waals surface area contributed by atoms with Gasteiger partial charge in [-0.05, 0) is 215 Å². The Balaban J connectivity index is 0.000000577. The third kappa shape index (κ3) is 51.0. The lowest BCUT2D eigenvalue weighted by molar-refractivity contribution is -0.0938. The summed E-state index contributed by atoms with van der Waals surface area (Å²) >= 11 is 4.18. The smallest absolute Gasteiger partial charge is 0.0594 e. The minimum Gasteiger partial charge on any atom is -0.381 e. The fourth-order valence-corrected chi connectivity index (χ4v) is 18.5. The summed E-state index contributed by atoms with van der Waals surface area (Å²) in [6.45, 7) is 79.7. The molecule has 4 nitrogen and oxygen atoms in total. The van der Waals surface area contributed by atoms with Crippen molar-refractivity contribution in [2.75, 3.05) is 62.7 Å². The third-order valence-corrected chi connectivity index (χ3v) is 34.7. The molecule has 6 saturated heterocycles. The Morgan fingerprint density at radius 3 is 0.333 bits per heavy atom. The van der Waals surface area contributed by atoms with Crippen LogP contribution in [0.4, 0.5) is 0 Å². The lowest BCUT2D eigenvalue weighted by atomic mass is 9.77. The first-order valence-electron chi connectivity index (χ1n) is 48.4. The first-order chi connectivity index (χ1) is 50.9. The summed E-state index contributed by atoms with van der Waals surface area (Å²) in [6, 6.07) is 0. The van der Waals surface area contributed by atoms with Crippen LogP contribution >= 0.6 is 23.5 Å². The molecule has 16 rings (SSSR count). The maximum absolute atomic E-state index is 5.17. The summed E-state index contributed by atoms with van der Waals surface area (Å²) in [6.07, 6.45) is 42.4. The Morgan fingerprint density at radius 2 is 0.287 bits per heavy atom. The van der Waals surface area contributed by atoms with Crippen LogP contribution < -0.4 is 0 Å². The van der Waals surface area contributed by atoms with Gasteiger partial charge in [0.05, 0.1) is 25.4 Å². The van der Waals surface area contributed by atoms with Crippen LogP contribution in [0.5, 0.6) is 0 Å². The molecule has 0 aromatic rings. The van der Waals surface area contributed by atoms with Gasteiger partial charge in [0.25, 0.3) is 0 Å². The fraction of sp³-hybridized carbons (Fsp3) is 1.00. The van der Waals surface area contributed by atoms with Crippen molar-refractivity contribution in [3.8, 4) is 0 Å². The molecule has 6 aliphatic heterocycles. The lowest BCUT2D eigenvalue weighted by Gasteiger charge is -2.30. The van der Waals surface area contributed by atoms with E-state index in [1.54, 1.807) is 0 Å². The topological polar surface area (TPSA) is 36.9 Å². The second-order valence-corrected chi connectivity index (χ2v) is 44.3. The number of hydrogen-bond acceptors (Lipinski definition) is 6. The van der Waals surface area contributed by atoms with Crippen molar-refractivity contribution in [3.63, 3.8) is 0 Å². The summed E-state index contributed by atoms with van der Waals surface area (Å²) in [5.41, 5.74) is 0. The maximum Gasteiger partial charge on any atom is 0.0594 e. The standard InChI is InChI=1S/4C8H16.2C7H14.2C6H12O.2C6H12S.2C6H12.2C5H10O.2C5H10/c4*1-7-5-3-4-6-8(7)2;2*1-6-4-3-5-7(6)2;4*1-5-3-7-4-6(5)2;2*1-5-3-4-6(5)2;2*1-4-3-6-5(4)2;2*1-4-3-5(4)2/h4*7-8H,3-6H2,1-2H3;2*6-7H,3-5H2,1-2H3;4*5-6H,3-4H2,1-2H3;2*5-6H,3-4H2,1-2H3;2*4-5H,3H2,1-2H3;2*4-5H,3H2,1-2H3/t2*7-,8+;2*7-,8-;6-,7+;6-,7-;5-,6+;5-,6-;5-,6+;5-,6-;5-,6+;5-,6-;4-,5+;4-,5-;4-,5+;4-,5-/m..10.1.1.1.111.1/s1. The van der Waals surface area contributed by atoms with E-state index < -0.39 is 0 Å². The normalized spacial score (nSPS) is 42.7. The Bertz CT molecular complexity index is 1610. The van der Waals surface area contributed by atoms with Gasteiger partial charge in [-0.2, -0.15) is 23.5 Å². The predicted molar refractivity (Wildman–Crippen MR) is 491 cm³/mol. The number of thioether (sulfide) groups is 2. The molecule has 0 aromatic heterocycles. The summed E-state index contributed by atoms with van der Waals surface area (Å²) in [4.78, 5) is 0. The SMILES string of the molecule is C[C@@H]1CCCC[C@@H]1C.C[C@@H]1CCCC[C@@H]1C.C[C@@H]1CCCC[C@H]1C.C[C@@H]1CCC[C@@H]1C.C[C@@H]1CCC[C@H]1C.C[C@@H]1CC[C@@H]1C.C[C@@H]1CC[C@H]1C.C[C@@H]1COC[C@@H]1C.C[C@@H]1COC[C@H]1C.C[C@@H]1CO[C@@H]1C.C[C@@H]1CO[C@H]1C.C[C@@H]1CSC[C@@H]1C.C[C@@H]1CSC[C@H]1C.C[C@@H]1C[C@@H]1C.C[C@@H]1C[C@H]1C.C[C@H]1CCCC[C@@H]1C. The third-order valence-electron chi connectivity index (χ3n) is 31.6. The molecule has 0 amide bonds. The van der Waals surface area contributed by atoms with E-state index in [0.717, 1.165) is 217 Å². The molecule has 0 N–H and O–H groups in total. The molecule has 10 saturated carbocycles. The molecule has 0 unspecified atom stereocenters. The van der Waals surface area contributed by atoms with E-state index >= 15 is 0 Å². The molecular formula is C102H204O4S2. The quantitative estimate of drug-likeness (QED) is 0.241. The van der Waals surface area contributed by atoms with Gasteiger partial charge in [-0.25, -0.2) is 0 Å². The highest BCUT2D eigenvalue weighted by Crippen LogP contribution is 2.39. The van der Waals surface area contributed by atoms with Crippen LogP contribution in [0.25, 0.3) is 0 Å². The molecule has 32 atom stereocenters. The van der Waals surface area contributed by atoms with Crippen molar-refractivity contribution in [2.24, 2.45) is 178 Å². The zero-order valence-corrected chi connectivity index (χ0v) is 81.4. The average Bonchev–Trinajstić information content (AvgIpc) is 1.76. The Hall–Kier alpha value is 0.540. The van der Waals surface area contributed by atoms with Crippen LogP contribution in [0.3, 0.4) is 0 Å². The van der Waals surface area contributed by atoms with Crippen LogP contribution in [0.15, 0.2) is 0 Å². The molecule has 108 heavy (non-hydrogen) atoms. The van der Waals surface area contributed by atoms with E-state index in [1.165, 1.54) is 203 Å². The van der Waals surface area contributed by atoms with Gasteiger partial charge < -0.3 is 18.9 Å². The Kier molecular flexibility index (Phi) is 61.0. The summed E-state index contributed by atoms with van der Waals surface area (Å²) in [7, 11) is 0. The minimum atomic E-state index is 0.532. The van der Waals surface area contributed by atoms with Crippen LogP contribution in [-0.2, 0) is 18.9 Å². The van der Waals surface area contributed by atoms with Gasteiger partial charge in [0.2, 0.25) is 0 Å². The van der Waals surface area contributed by atoms with Crippen molar-refractivity contribution >= 4 is 23.5 Å². The largest absolute Gasteiger partial charge is 0.381 e. The second kappa shape index (κ2) is 61.8. The monoisotopic (exact) mass is 1560 g/mol. The van der Waals surface area contributed by atoms with Gasteiger partial charge >= 0.3 is 0 Å². The van der Waals surface area contributed by atoms with Crippen molar-refractivity contribution < 1.29 is 18.9 Å². The average molecular weight is 1560 g/mol. The van der Waals surface area contributed by atoms with Crippen LogP contribution in [0, 0.1) is 178 Å². The number of ether oxygens (including phenoxy) is 4. The predicted octanol–water partition coefficient (Wildman–Crippen LogP) is 32.3.